The molecule has 1 aliphatic heterocycles. The molecule has 0 N–H and O–H groups in total. The van der Waals surface area contributed by atoms with Crippen LogP contribution in [-0.2, 0) is 18.7 Å². The van der Waals surface area contributed by atoms with Crippen molar-refractivity contribution in [1.29, 1.82) is 0 Å². The SMILES string of the molecule is COC(=O)C1C(C)=CC(O[Si](C)(C)C(C)(C)C)N1C(=O)OC(C)(C)C. The molecule has 0 bridgehead atoms. The van der Waals surface area contributed by atoms with Crippen LogP contribution in [0.25, 0.3) is 0 Å². The summed E-state index contributed by atoms with van der Waals surface area (Å²) >= 11 is 0. The van der Waals surface area contributed by atoms with Crippen LogP contribution in [0.4, 0.5) is 4.79 Å². The normalized spacial score (nSPS) is 21.8. The molecule has 2 atom stereocenters. The van der Waals surface area contributed by atoms with E-state index in [9.17, 15) is 9.59 Å². The van der Waals surface area contributed by atoms with Gasteiger partial charge >= 0.3 is 12.1 Å². The minimum absolute atomic E-state index is 0.0301. The van der Waals surface area contributed by atoms with Crippen molar-refractivity contribution in [3.05, 3.63) is 11.6 Å². The standard InChI is InChI=1S/C18H33NO5Si/c1-12-11-13(24-25(9,10)18(5,6)7)19(14(12)15(20)22-8)16(21)23-17(2,3)4/h11,13-14H,1-10H3. The second kappa shape index (κ2) is 7.11. The number of carbonyl (C=O) groups is 2. The summed E-state index contributed by atoms with van der Waals surface area (Å²) in [6.45, 7) is 17.8. The Kier molecular flexibility index (Phi) is 6.17. The van der Waals surface area contributed by atoms with Crippen LogP contribution < -0.4 is 0 Å². The molecule has 7 heteroatoms. The van der Waals surface area contributed by atoms with E-state index in [0.29, 0.717) is 0 Å². The number of methoxy groups -OCH3 is 1. The van der Waals surface area contributed by atoms with Crippen molar-refractivity contribution in [2.75, 3.05) is 7.11 Å². The quantitative estimate of drug-likeness (QED) is 0.425. The fraction of sp³-hybridized carbons (Fsp3) is 0.778. The van der Waals surface area contributed by atoms with Gasteiger partial charge < -0.3 is 13.9 Å². The molecule has 1 aliphatic rings. The molecule has 0 fully saturated rings. The van der Waals surface area contributed by atoms with Gasteiger partial charge in [-0.3, -0.25) is 4.90 Å². The van der Waals surface area contributed by atoms with Gasteiger partial charge in [-0.2, -0.15) is 0 Å². The summed E-state index contributed by atoms with van der Waals surface area (Å²) < 4.78 is 16.8. The van der Waals surface area contributed by atoms with Crippen molar-refractivity contribution in [3.63, 3.8) is 0 Å². The molecule has 0 aromatic rings. The van der Waals surface area contributed by atoms with E-state index in [1.165, 1.54) is 12.0 Å². The number of hydrogen-bond donors (Lipinski definition) is 0. The Bertz CT molecular complexity index is 557. The average molecular weight is 372 g/mol. The first-order chi connectivity index (χ1) is 11.1. The minimum atomic E-state index is -2.17. The predicted octanol–water partition coefficient (Wildman–Crippen LogP) is 4.07. The Hall–Kier alpha value is -1.34. The van der Waals surface area contributed by atoms with Gasteiger partial charge in [-0.1, -0.05) is 20.8 Å². The third-order valence-electron chi connectivity index (χ3n) is 4.64. The summed E-state index contributed by atoms with van der Waals surface area (Å²) in [5, 5.41) is -0.0301. The first-order valence-electron chi connectivity index (χ1n) is 8.56. The van der Waals surface area contributed by atoms with E-state index in [-0.39, 0.29) is 5.04 Å². The molecule has 144 valence electrons. The highest BCUT2D eigenvalue weighted by molar-refractivity contribution is 6.74. The van der Waals surface area contributed by atoms with E-state index < -0.39 is 38.3 Å². The monoisotopic (exact) mass is 371 g/mol. The summed E-state index contributed by atoms with van der Waals surface area (Å²) in [6, 6.07) is -0.824. The molecular weight excluding hydrogens is 338 g/mol. The fourth-order valence-electron chi connectivity index (χ4n) is 2.27. The Morgan fingerprint density at radius 1 is 1.12 bits per heavy atom. The molecule has 0 aliphatic carbocycles. The van der Waals surface area contributed by atoms with E-state index in [1.807, 2.05) is 6.08 Å². The van der Waals surface area contributed by atoms with Gasteiger partial charge in [0.25, 0.3) is 0 Å². The molecule has 0 saturated heterocycles. The van der Waals surface area contributed by atoms with Gasteiger partial charge in [0.05, 0.1) is 7.11 Å². The Morgan fingerprint density at radius 3 is 2.04 bits per heavy atom. The van der Waals surface area contributed by atoms with Crippen LogP contribution in [0.5, 0.6) is 0 Å². The van der Waals surface area contributed by atoms with Crippen molar-refractivity contribution >= 4 is 20.4 Å². The van der Waals surface area contributed by atoms with Crippen LogP contribution in [0.3, 0.4) is 0 Å². The van der Waals surface area contributed by atoms with Crippen LogP contribution in [-0.4, -0.2) is 50.3 Å². The number of amides is 1. The lowest BCUT2D eigenvalue weighted by atomic mass is 10.1. The zero-order valence-corrected chi connectivity index (χ0v) is 18.2. The number of esters is 1. The summed E-state index contributed by atoms with van der Waals surface area (Å²) in [5.41, 5.74) is 0.0527. The highest BCUT2D eigenvalue weighted by Gasteiger charge is 2.48. The van der Waals surface area contributed by atoms with E-state index in [0.717, 1.165) is 5.57 Å². The Labute approximate surface area is 152 Å². The smallest absolute Gasteiger partial charge is 0.413 e. The first-order valence-corrected chi connectivity index (χ1v) is 11.5. The molecular formula is C18H33NO5Si. The highest BCUT2D eigenvalue weighted by Crippen LogP contribution is 2.39. The van der Waals surface area contributed by atoms with Gasteiger partial charge in [0.2, 0.25) is 0 Å². The van der Waals surface area contributed by atoms with Crippen molar-refractivity contribution in [3.8, 4) is 0 Å². The zero-order chi connectivity index (χ0) is 19.8. The van der Waals surface area contributed by atoms with Gasteiger partial charge in [0.1, 0.15) is 11.8 Å². The van der Waals surface area contributed by atoms with E-state index in [4.69, 9.17) is 13.9 Å². The predicted molar refractivity (Wildman–Crippen MR) is 99.7 cm³/mol. The number of carbonyl (C=O) groups excluding carboxylic acids is 2. The summed E-state index contributed by atoms with van der Waals surface area (Å²) in [7, 11) is -0.856. The Morgan fingerprint density at radius 2 is 1.64 bits per heavy atom. The molecule has 0 spiro atoms. The zero-order valence-electron chi connectivity index (χ0n) is 17.2. The molecule has 1 heterocycles. The van der Waals surface area contributed by atoms with Gasteiger partial charge in [-0.15, -0.1) is 0 Å². The maximum Gasteiger partial charge on any atom is 0.413 e. The van der Waals surface area contributed by atoms with Crippen molar-refractivity contribution < 1.29 is 23.5 Å². The lowest BCUT2D eigenvalue weighted by Gasteiger charge is -2.41. The molecule has 25 heavy (non-hydrogen) atoms. The molecule has 6 nitrogen and oxygen atoms in total. The molecule has 1 rings (SSSR count). The lowest BCUT2D eigenvalue weighted by Crippen LogP contribution is -2.54. The van der Waals surface area contributed by atoms with Crippen LogP contribution in [0, 0.1) is 0 Å². The first kappa shape index (κ1) is 21.7. The molecule has 0 aromatic heterocycles. The Balaban J connectivity index is 3.21. The van der Waals surface area contributed by atoms with E-state index in [1.54, 1.807) is 27.7 Å². The number of ether oxygens (including phenoxy) is 2. The van der Waals surface area contributed by atoms with Gasteiger partial charge in [-0.05, 0) is 57.5 Å². The second-order valence-electron chi connectivity index (χ2n) is 8.99. The largest absolute Gasteiger partial charge is 0.467 e. The summed E-state index contributed by atoms with van der Waals surface area (Å²) in [6.07, 6.45) is 0.589. The third-order valence-corrected chi connectivity index (χ3v) is 9.08. The molecule has 2 unspecified atom stereocenters. The number of rotatable bonds is 3. The molecule has 0 radical (unpaired) electrons. The van der Waals surface area contributed by atoms with Crippen molar-refractivity contribution in [2.24, 2.45) is 0 Å². The van der Waals surface area contributed by atoms with Gasteiger partial charge in [-0.25, -0.2) is 9.59 Å². The van der Waals surface area contributed by atoms with Crippen LogP contribution in [0.1, 0.15) is 48.5 Å². The highest BCUT2D eigenvalue weighted by atomic mass is 28.4. The maximum atomic E-state index is 12.8. The maximum absolute atomic E-state index is 12.8. The molecule has 0 saturated carbocycles. The van der Waals surface area contributed by atoms with Gasteiger partial charge in [0, 0.05) is 0 Å². The second-order valence-corrected chi connectivity index (χ2v) is 13.7. The molecule has 0 aromatic carbocycles. The minimum Gasteiger partial charge on any atom is -0.467 e. The summed E-state index contributed by atoms with van der Waals surface area (Å²) in [5.74, 6) is -0.499. The van der Waals surface area contributed by atoms with Crippen LogP contribution in [0.15, 0.2) is 11.6 Å². The van der Waals surface area contributed by atoms with Gasteiger partial charge in [0.15, 0.2) is 14.4 Å². The molecule has 1 amide bonds. The van der Waals surface area contributed by atoms with Crippen molar-refractivity contribution in [1.82, 2.24) is 4.90 Å². The summed E-state index contributed by atoms with van der Waals surface area (Å²) in [4.78, 5) is 26.4. The average Bonchev–Trinajstić information content (AvgIpc) is 2.70. The van der Waals surface area contributed by atoms with Crippen LogP contribution in [0.2, 0.25) is 18.1 Å². The topological polar surface area (TPSA) is 65.1 Å². The van der Waals surface area contributed by atoms with E-state index >= 15 is 0 Å². The lowest BCUT2D eigenvalue weighted by molar-refractivity contribution is -0.146. The van der Waals surface area contributed by atoms with Crippen LogP contribution >= 0.6 is 0 Å². The third kappa shape index (κ3) is 5.07. The number of hydrogen-bond acceptors (Lipinski definition) is 5. The van der Waals surface area contributed by atoms with Crippen molar-refractivity contribution in [2.45, 2.75) is 84.5 Å². The number of nitrogens with zero attached hydrogens (tertiary/aromatic N) is 1. The van der Waals surface area contributed by atoms with E-state index in [2.05, 4.69) is 33.9 Å². The fourth-order valence-corrected chi connectivity index (χ4v) is 3.41.